The van der Waals surface area contributed by atoms with Crippen molar-refractivity contribution < 1.29 is 14.6 Å². The Morgan fingerprint density at radius 3 is 2.86 bits per heavy atom. The van der Waals surface area contributed by atoms with Crippen molar-refractivity contribution in [2.45, 2.75) is 13.5 Å². The minimum Gasteiger partial charge on any atom is -0.508 e. The van der Waals surface area contributed by atoms with Crippen LogP contribution in [0.3, 0.4) is 0 Å². The fourth-order valence-corrected chi connectivity index (χ4v) is 3.21. The number of fused-ring (bicyclic) bond motifs is 1. The second-order valence-electron chi connectivity index (χ2n) is 6.43. The van der Waals surface area contributed by atoms with Gasteiger partial charge in [-0.15, -0.1) is 0 Å². The van der Waals surface area contributed by atoms with E-state index in [1.54, 1.807) is 31.3 Å². The van der Waals surface area contributed by atoms with Crippen molar-refractivity contribution in [1.29, 1.82) is 0 Å². The van der Waals surface area contributed by atoms with Crippen molar-refractivity contribution in [2.75, 3.05) is 11.9 Å². The van der Waals surface area contributed by atoms with Crippen LogP contribution in [-0.2, 0) is 16.1 Å². The molecule has 0 aliphatic heterocycles. The number of hydrogen-bond donors (Lipinski definition) is 2. The lowest BCUT2D eigenvalue weighted by Gasteiger charge is -2.09. The Bertz CT molecular complexity index is 1170. The zero-order valence-electron chi connectivity index (χ0n) is 15.9. The van der Waals surface area contributed by atoms with E-state index in [2.05, 4.69) is 15.3 Å². The molecule has 0 amide bonds. The van der Waals surface area contributed by atoms with Gasteiger partial charge in [0, 0.05) is 40.6 Å². The van der Waals surface area contributed by atoms with Gasteiger partial charge in [0.1, 0.15) is 12.3 Å². The number of carbonyl (C=O) groups excluding carboxylic acids is 1. The number of aromatic nitrogens is 3. The molecule has 2 aromatic heterocycles. The Kier molecular flexibility index (Phi) is 5.11. The summed E-state index contributed by atoms with van der Waals surface area (Å²) in [5.41, 5.74) is 3.31. The highest BCUT2D eigenvalue weighted by Crippen LogP contribution is 2.29. The summed E-state index contributed by atoms with van der Waals surface area (Å²) in [6.07, 6.45) is 3.56. The zero-order valence-corrected chi connectivity index (χ0v) is 15.9. The number of anilines is 2. The first kappa shape index (κ1) is 18.5. The molecule has 2 aromatic carbocycles. The Morgan fingerprint density at radius 1 is 1.17 bits per heavy atom. The molecule has 0 spiro atoms. The van der Waals surface area contributed by atoms with Crippen molar-refractivity contribution in [1.82, 2.24) is 14.5 Å². The lowest BCUT2D eigenvalue weighted by Crippen LogP contribution is -2.12. The second-order valence-corrected chi connectivity index (χ2v) is 6.43. The van der Waals surface area contributed by atoms with E-state index in [9.17, 15) is 9.90 Å². The van der Waals surface area contributed by atoms with Crippen molar-refractivity contribution in [2.24, 2.45) is 0 Å². The number of nitrogens with one attached hydrogen (secondary N) is 1. The predicted molar refractivity (Wildman–Crippen MR) is 111 cm³/mol. The predicted octanol–water partition coefficient (Wildman–Crippen LogP) is 4.11. The van der Waals surface area contributed by atoms with Crippen LogP contribution in [0, 0.1) is 0 Å². The van der Waals surface area contributed by atoms with Crippen LogP contribution in [-0.4, -0.2) is 32.2 Å². The Hall–Kier alpha value is -3.87. The number of benzene rings is 2. The van der Waals surface area contributed by atoms with E-state index in [0.717, 1.165) is 22.2 Å². The molecular weight excluding hydrogens is 368 g/mol. The minimum absolute atomic E-state index is 0.162. The van der Waals surface area contributed by atoms with Crippen LogP contribution in [0.5, 0.6) is 5.75 Å². The molecular formula is C22H20N4O3. The molecule has 146 valence electrons. The number of esters is 1. The quantitative estimate of drug-likeness (QED) is 0.483. The first-order valence-electron chi connectivity index (χ1n) is 9.27. The summed E-state index contributed by atoms with van der Waals surface area (Å²) in [7, 11) is 0. The maximum absolute atomic E-state index is 11.9. The zero-order chi connectivity index (χ0) is 20.2. The molecule has 2 heterocycles. The van der Waals surface area contributed by atoms with E-state index in [4.69, 9.17) is 4.74 Å². The molecule has 0 aliphatic rings. The summed E-state index contributed by atoms with van der Waals surface area (Å²) in [6.45, 7) is 2.31. The highest BCUT2D eigenvalue weighted by molar-refractivity contribution is 5.95. The van der Waals surface area contributed by atoms with Crippen molar-refractivity contribution in [3.05, 3.63) is 67.0 Å². The SMILES string of the molecule is CCOC(=O)Cn1ccc2c(-c3ccnc(Nc4cccc(O)c4)n3)cccc21. The molecule has 7 nitrogen and oxygen atoms in total. The molecule has 0 atom stereocenters. The second kappa shape index (κ2) is 8.02. The molecule has 4 rings (SSSR count). The number of hydrogen-bond acceptors (Lipinski definition) is 6. The summed E-state index contributed by atoms with van der Waals surface area (Å²) in [4.78, 5) is 20.7. The maximum atomic E-state index is 11.9. The van der Waals surface area contributed by atoms with Crippen molar-refractivity contribution >= 4 is 28.5 Å². The van der Waals surface area contributed by atoms with Gasteiger partial charge in [-0.25, -0.2) is 9.97 Å². The van der Waals surface area contributed by atoms with Crippen LogP contribution in [0.2, 0.25) is 0 Å². The third kappa shape index (κ3) is 4.03. The summed E-state index contributed by atoms with van der Waals surface area (Å²) in [5, 5.41) is 13.7. The lowest BCUT2D eigenvalue weighted by molar-refractivity contribution is -0.143. The fourth-order valence-electron chi connectivity index (χ4n) is 3.21. The first-order chi connectivity index (χ1) is 14.1. The van der Waals surface area contributed by atoms with Gasteiger partial charge in [0.2, 0.25) is 5.95 Å². The van der Waals surface area contributed by atoms with Gasteiger partial charge in [0.15, 0.2) is 0 Å². The highest BCUT2D eigenvalue weighted by atomic mass is 16.5. The number of nitrogens with zero attached hydrogens (tertiary/aromatic N) is 3. The molecule has 0 radical (unpaired) electrons. The summed E-state index contributed by atoms with van der Waals surface area (Å²) >= 11 is 0. The van der Waals surface area contributed by atoms with Gasteiger partial charge in [0.05, 0.1) is 12.3 Å². The van der Waals surface area contributed by atoms with E-state index in [1.807, 2.05) is 47.2 Å². The molecule has 0 saturated heterocycles. The van der Waals surface area contributed by atoms with Crippen LogP contribution >= 0.6 is 0 Å². The van der Waals surface area contributed by atoms with Gasteiger partial charge in [-0.1, -0.05) is 18.2 Å². The average Bonchev–Trinajstić information content (AvgIpc) is 3.11. The van der Waals surface area contributed by atoms with Gasteiger partial charge in [-0.3, -0.25) is 4.79 Å². The number of phenolic OH excluding ortho intramolecular Hbond substituents is 1. The number of carbonyl (C=O) groups is 1. The minimum atomic E-state index is -0.268. The molecule has 2 N–H and O–H groups in total. The Balaban J connectivity index is 1.66. The standard InChI is InChI=1S/C22H20N4O3/c1-2-29-21(28)14-26-12-10-18-17(7-4-8-20(18)26)19-9-11-23-22(25-19)24-15-5-3-6-16(27)13-15/h3-13,27H,2,14H2,1H3,(H,23,24,25). The normalized spacial score (nSPS) is 10.8. The largest absolute Gasteiger partial charge is 0.508 e. The molecule has 0 aliphatic carbocycles. The van der Waals surface area contributed by atoms with Crippen LogP contribution in [0.25, 0.3) is 22.2 Å². The third-order valence-corrected chi connectivity index (χ3v) is 4.45. The van der Waals surface area contributed by atoms with Crippen molar-refractivity contribution in [3.8, 4) is 17.0 Å². The van der Waals surface area contributed by atoms with E-state index >= 15 is 0 Å². The number of rotatable bonds is 6. The fraction of sp³-hybridized carbons (Fsp3) is 0.136. The Labute approximate surface area is 167 Å². The molecule has 29 heavy (non-hydrogen) atoms. The third-order valence-electron chi connectivity index (χ3n) is 4.45. The van der Waals surface area contributed by atoms with E-state index in [1.165, 1.54) is 0 Å². The monoisotopic (exact) mass is 388 g/mol. The van der Waals surface area contributed by atoms with E-state index < -0.39 is 0 Å². The van der Waals surface area contributed by atoms with Crippen LogP contribution < -0.4 is 5.32 Å². The van der Waals surface area contributed by atoms with Gasteiger partial charge >= 0.3 is 5.97 Å². The number of phenols is 1. The van der Waals surface area contributed by atoms with Gasteiger partial charge in [-0.05, 0) is 37.3 Å². The Morgan fingerprint density at radius 2 is 2.03 bits per heavy atom. The summed E-state index contributed by atoms with van der Waals surface area (Å²) in [5.74, 6) is 0.324. The molecule has 0 fully saturated rings. The lowest BCUT2D eigenvalue weighted by atomic mass is 10.1. The topological polar surface area (TPSA) is 89.3 Å². The highest BCUT2D eigenvalue weighted by Gasteiger charge is 2.12. The first-order valence-corrected chi connectivity index (χ1v) is 9.27. The molecule has 4 aromatic rings. The van der Waals surface area contributed by atoms with Crippen LogP contribution in [0.1, 0.15) is 6.92 Å². The molecule has 0 unspecified atom stereocenters. The summed E-state index contributed by atoms with van der Waals surface area (Å²) < 4.78 is 6.92. The average molecular weight is 388 g/mol. The summed E-state index contributed by atoms with van der Waals surface area (Å²) in [6, 6.07) is 16.5. The van der Waals surface area contributed by atoms with Crippen LogP contribution in [0.15, 0.2) is 67.0 Å². The van der Waals surface area contributed by atoms with Gasteiger partial charge < -0.3 is 19.7 Å². The van der Waals surface area contributed by atoms with Gasteiger partial charge in [-0.2, -0.15) is 0 Å². The van der Waals surface area contributed by atoms with Crippen molar-refractivity contribution in [3.63, 3.8) is 0 Å². The number of aromatic hydroxyl groups is 1. The molecule has 0 bridgehead atoms. The van der Waals surface area contributed by atoms with Gasteiger partial charge in [0.25, 0.3) is 0 Å². The van der Waals surface area contributed by atoms with E-state index in [-0.39, 0.29) is 18.3 Å². The van der Waals surface area contributed by atoms with E-state index in [0.29, 0.717) is 18.2 Å². The maximum Gasteiger partial charge on any atom is 0.325 e. The molecule has 0 saturated carbocycles. The number of ether oxygens (including phenoxy) is 1. The van der Waals surface area contributed by atoms with Crippen LogP contribution in [0.4, 0.5) is 11.6 Å². The smallest absolute Gasteiger partial charge is 0.325 e. The molecule has 7 heteroatoms.